The highest BCUT2D eigenvalue weighted by Crippen LogP contribution is 2.26. The van der Waals surface area contributed by atoms with Crippen LogP contribution in [0.5, 0.6) is 0 Å². The molecule has 0 bridgehead atoms. The fourth-order valence-corrected chi connectivity index (χ4v) is 5.96. The van der Waals surface area contributed by atoms with Gasteiger partial charge >= 0.3 is 0 Å². The normalized spacial score (nSPS) is 18.7. The molecule has 1 saturated heterocycles. The summed E-state index contributed by atoms with van der Waals surface area (Å²) in [5.41, 5.74) is 1.48. The number of sulfonamides is 1. The molecule has 0 aromatic heterocycles. The minimum absolute atomic E-state index is 0.110. The van der Waals surface area contributed by atoms with Gasteiger partial charge in [0.1, 0.15) is 0 Å². The van der Waals surface area contributed by atoms with E-state index in [0.29, 0.717) is 21.3 Å². The maximum Gasteiger partial charge on any atom is 0.255 e. The van der Waals surface area contributed by atoms with E-state index in [1.807, 2.05) is 19.9 Å². The van der Waals surface area contributed by atoms with Gasteiger partial charge in [-0.3, -0.25) is 9.59 Å². The van der Waals surface area contributed by atoms with Gasteiger partial charge in [0.15, 0.2) is 5.78 Å². The van der Waals surface area contributed by atoms with Crippen LogP contribution < -0.4 is 5.32 Å². The molecule has 3 aromatic rings. The van der Waals surface area contributed by atoms with E-state index in [9.17, 15) is 18.0 Å². The number of nitrogens with one attached hydrogen (secondary N) is 1. The molecular weight excluding hydrogens is 532 g/mol. The van der Waals surface area contributed by atoms with Gasteiger partial charge in [-0.05, 0) is 56.3 Å². The minimum Gasteiger partial charge on any atom is -0.373 e. The van der Waals surface area contributed by atoms with Crippen LogP contribution in [0.1, 0.15) is 40.1 Å². The Morgan fingerprint density at radius 2 is 1.54 bits per heavy atom. The van der Waals surface area contributed by atoms with Gasteiger partial charge in [-0.1, -0.05) is 46.3 Å². The Morgan fingerprint density at radius 3 is 2.17 bits per heavy atom. The van der Waals surface area contributed by atoms with Crippen LogP contribution >= 0.6 is 15.9 Å². The molecule has 1 aliphatic rings. The number of amides is 1. The molecule has 35 heavy (non-hydrogen) atoms. The van der Waals surface area contributed by atoms with Crippen LogP contribution in [0.2, 0.25) is 0 Å². The van der Waals surface area contributed by atoms with Crippen LogP contribution in [0.15, 0.2) is 82.2 Å². The van der Waals surface area contributed by atoms with E-state index in [1.54, 1.807) is 42.5 Å². The van der Waals surface area contributed by atoms with Gasteiger partial charge in [-0.2, -0.15) is 4.31 Å². The average molecular weight is 557 g/mol. The number of ether oxygens (including phenoxy) is 1. The predicted octanol–water partition coefficient (Wildman–Crippen LogP) is 4.73. The topological polar surface area (TPSA) is 92.8 Å². The van der Waals surface area contributed by atoms with Crippen molar-refractivity contribution < 1.29 is 22.7 Å². The lowest BCUT2D eigenvalue weighted by molar-refractivity contribution is -0.0440. The molecule has 1 fully saturated rings. The highest BCUT2D eigenvalue weighted by atomic mass is 79.9. The van der Waals surface area contributed by atoms with Crippen LogP contribution in [-0.2, 0) is 14.8 Å². The molecule has 0 aliphatic carbocycles. The number of nitrogens with zero attached hydrogens (tertiary/aromatic N) is 1. The summed E-state index contributed by atoms with van der Waals surface area (Å²) in [5.74, 6) is -0.676. The third-order valence-corrected chi connectivity index (χ3v) is 7.99. The standard InChI is InChI=1S/C26H25BrN2O5S/c1-17-15-29(16-18(2)34-17)35(32,33)22-11-8-20(9-12-22)26(31)28-24-13-10-21(27)14-23(24)25(30)19-6-4-3-5-7-19/h3-14,17-18H,15-16H2,1-2H3,(H,28,31). The first-order valence-corrected chi connectivity index (χ1v) is 13.3. The summed E-state index contributed by atoms with van der Waals surface area (Å²) in [4.78, 5) is 26.1. The number of hydrogen-bond acceptors (Lipinski definition) is 5. The van der Waals surface area contributed by atoms with Gasteiger partial charge in [0.2, 0.25) is 10.0 Å². The van der Waals surface area contributed by atoms with Gasteiger partial charge in [0.05, 0.1) is 22.8 Å². The first-order valence-electron chi connectivity index (χ1n) is 11.1. The number of benzene rings is 3. The Hall–Kier alpha value is -2.85. The third kappa shape index (κ3) is 5.70. The summed E-state index contributed by atoms with van der Waals surface area (Å²) in [6.45, 7) is 4.22. The monoisotopic (exact) mass is 556 g/mol. The Balaban J connectivity index is 1.54. The lowest BCUT2D eigenvalue weighted by atomic mass is 10.0. The Morgan fingerprint density at radius 1 is 0.914 bits per heavy atom. The van der Waals surface area contributed by atoms with Crippen molar-refractivity contribution in [1.29, 1.82) is 0 Å². The van der Waals surface area contributed by atoms with E-state index >= 15 is 0 Å². The van der Waals surface area contributed by atoms with E-state index in [4.69, 9.17) is 4.74 Å². The summed E-state index contributed by atoms with van der Waals surface area (Å²) in [5, 5.41) is 2.78. The first-order chi connectivity index (χ1) is 16.6. The quantitative estimate of drug-likeness (QED) is 0.443. The van der Waals surface area contributed by atoms with E-state index in [0.717, 1.165) is 0 Å². The van der Waals surface area contributed by atoms with Crippen molar-refractivity contribution >= 4 is 43.3 Å². The lowest BCUT2D eigenvalue weighted by Crippen LogP contribution is -2.48. The molecule has 1 N–H and O–H groups in total. The van der Waals surface area contributed by atoms with Gasteiger partial charge in [0.25, 0.3) is 5.91 Å². The maximum atomic E-state index is 13.1. The van der Waals surface area contributed by atoms with E-state index in [1.165, 1.54) is 28.6 Å². The van der Waals surface area contributed by atoms with Crippen molar-refractivity contribution in [3.05, 3.63) is 94.0 Å². The number of rotatable bonds is 6. The highest BCUT2D eigenvalue weighted by Gasteiger charge is 2.32. The van der Waals surface area contributed by atoms with Crippen LogP contribution in [0.4, 0.5) is 5.69 Å². The van der Waals surface area contributed by atoms with Crippen LogP contribution in [0.25, 0.3) is 0 Å². The second kappa shape index (κ2) is 10.4. The van der Waals surface area contributed by atoms with E-state index < -0.39 is 15.9 Å². The van der Waals surface area contributed by atoms with Crippen LogP contribution in [0.3, 0.4) is 0 Å². The molecule has 182 valence electrons. The van der Waals surface area contributed by atoms with Crippen molar-refractivity contribution in [3.8, 4) is 0 Å². The van der Waals surface area contributed by atoms with Crippen molar-refractivity contribution in [2.24, 2.45) is 0 Å². The first kappa shape index (κ1) is 25.2. The van der Waals surface area contributed by atoms with Gasteiger partial charge in [-0.15, -0.1) is 0 Å². The van der Waals surface area contributed by atoms with Crippen molar-refractivity contribution in [2.45, 2.75) is 31.0 Å². The SMILES string of the molecule is CC1CN(S(=O)(=O)c2ccc(C(=O)Nc3ccc(Br)cc3C(=O)c3ccccc3)cc2)CC(C)O1. The maximum absolute atomic E-state index is 13.1. The molecule has 9 heteroatoms. The van der Waals surface area contributed by atoms with E-state index in [-0.39, 0.29) is 41.5 Å². The number of carbonyl (C=O) groups is 2. The van der Waals surface area contributed by atoms with Crippen LogP contribution in [0, 0.1) is 0 Å². The summed E-state index contributed by atoms with van der Waals surface area (Å²) in [6, 6.07) is 19.6. The molecule has 7 nitrogen and oxygen atoms in total. The molecule has 3 aromatic carbocycles. The van der Waals surface area contributed by atoms with Gasteiger partial charge in [0, 0.05) is 34.3 Å². The zero-order chi connectivity index (χ0) is 25.2. The second-order valence-corrected chi connectivity index (χ2v) is 11.3. The summed E-state index contributed by atoms with van der Waals surface area (Å²) < 4.78 is 33.9. The Labute approximate surface area is 213 Å². The summed E-state index contributed by atoms with van der Waals surface area (Å²) >= 11 is 3.38. The summed E-state index contributed by atoms with van der Waals surface area (Å²) in [7, 11) is -3.71. The van der Waals surface area contributed by atoms with E-state index in [2.05, 4.69) is 21.2 Å². The average Bonchev–Trinajstić information content (AvgIpc) is 2.84. The predicted molar refractivity (Wildman–Crippen MR) is 137 cm³/mol. The number of anilines is 1. The molecule has 2 atom stereocenters. The largest absolute Gasteiger partial charge is 0.373 e. The summed E-state index contributed by atoms with van der Waals surface area (Å²) in [6.07, 6.45) is -0.394. The highest BCUT2D eigenvalue weighted by molar-refractivity contribution is 9.10. The molecule has 0 radical (unpaired) electrons. The fourth-order valence-electron chi connectivity index (χ4n) is 4.01. The zero-order valence-corrected chi connectivity index (χ0v) is 21.7. The Kier molecular flexibility index (Phi) is 7.51. The smallest absolute Gasteiger partial charge is 0.255 e. The Bertz CT molecular complexity index is 1330. The second-order valence-electron chi connectivity index (χ2n) is 8.44. The molecule has 2 unspecified atom stereocenters. The van der Waals surface area contributed by atoms with Gasteiger partial charge < -0.3 is 10.1 Å². The molecule has 4 rings (SSSR count). The third-order valence-electron chi connectivity index (χ3n) is 5.65. The minimum atomic E-state index is -3.71. The molecule has 0 saturated carbocycles. The van der Waals surface area contributed by atoms with Crippen molar-refractivity contribution in [1.82, 2.24) is 4.31 Å². The lowest BCUT2D eigenvalue weighted by Gasteiger charge is -2.34. The zero-order valence-electron chi connectivity index (χ0n) is 19.3. The number of ketones is 1. The number of halogens is 1. The molecule has 0 spiro atoms. The molecular formula is C26H25BrN2O5S. The number of morpholine rings is 1. The van der Waals surface area contributed by atoms with Crippen LogP contribution in [-0.4, -0.2) is 49.7 Å². The molecule has 1 aliphatic heterocycles. The molecule has 1 amide bonds. The fraction of sp³-hybridized carbons (Fsp3) is 0.231. The number of hydrogen-bond donors (Lipinski definition) is 1. The van der Waals surface area contributed by atoms with Crippen molar-refractivity contribution in [3.63, 3.8) is 0 Å². The molecule has 1 heterocycles. The van der Waals surface area contributed by atoms with Gasteiger partial charge in [-0.25, -0.2) is 8.42 Å². The van der Waals surface area contributed by atoms with Crippen molar-refractivity contribution in [2.75, 3.05) is 18.4 Å². The number of carbonyl (C=O) groups excluding carboxylic acids is 2.